The fraction of sp³-hybridized carbons (Fsp3) is 0.455. The molecule has 0 bridgehead atoms. The highest BCUT2D eigenvalue weighted by molar-refractivity contribution is 7.88. The molecule has 7 heteroatoms. The van der Waals surface area contributed by atoms with Crippen molar-refractivity contribution < 1.29 is 25.8 Å². The molecule has 0 aliphatic rings. The average Bonchev–Trinajstić information content (AvgIpc) is 2.18. The Morgan fingerprint density at radius 2 is 1.78 bits per heavy atom. The number of halogens is 3. The molecule has 0 heterocycles. The molecule has 102 valence electrons. The van der Waals surface area contributed by atoms with Gasteiger partial charge in [0, 0.05) is 0 Å². The summed E-state index contributed by atoms with van der Waals surface area (Å²) < 4.78 is 62.5. The molecule has 1 aromatic carbocycles. The van der Waals surface area contributed by atoms with Gasteiger partial charge in [0.05, 0.1) is 0 Å². The van der Waals surface area contributed by atoms with Gasteiger partial charge in [0.1, 0.15) is 5.75 Å². The van der Waals surface area contributed by atoms with E-state index in [4.69, 9.17) is 0 Å². The zero-order valence-corrected chi connectivity index (χ0v) is 10.9. The van der Waals surface area contributed by atoms with Crippen LogP contribution in [0.4, 0.5) is 13.2 Å². The Balaban J connectivity index is 3.19. The highest BCUT2D eigenvalue weighted by atomic mass is 32.2. The van der Waals surface area contributed by atoms with Crippen LogP contribution in [0, 0.1) is 6.92 Å². The summed E-state index contributed by atoms with van der Waals surface area (Å²) in [4.78, 5) is 0. The normalized spacial score (nSPS) is 12.8. The number of benzene rings is 1. The van der Waals surface area contributed by atoms with Crippen molar-refractivity contribution in [3.05, 3.63) is 29.3 Å². The quantitative estimate of drug-likeness (QED) is 0.630. The van der Waals surface area contributed by atoms with Gasteiger partial charge in [0.15, 0.2) is 0 Å². The third-order valence-electron chi connectivity index (χ3n) is 2.43. The fourth-order valence-electron chi connectivity index (χ4n) is 1.51. The Morgan fingerprint density at radius 3 is 2.22 bits per heavy atom. The Morgan fingerprint density at radius 1 is 1.22 bits per heavy atom. The molecule has 18 heavy (non-hydrogen) atoms. The summed E-state index contributed by atoms with van der Waals surface area (Å²) in [6, 6.07) is 4.38. The molecule has 0 aromatic heterocycles. The molecule has 0 unspecified atom stereocenters. The highest BCUT2D eigenvalue weighted by Gasteiger charge is 2.48. The van der Waals surface area contributed by atoms with E-state index < -0.39 is 15.6 Å². The molecule has 1 aromatic rings. The third kappa shape index (κ3) is 2.95. The Kier molecular flexibility index (Phi) is 3.95. The maximum absolute atomic E-state index is 12.2. The summed E-state index contributed by atoms with van der Waals surface area (Å²) in [6.07, 6.45) is 0. The molecule has 1 rings (SSSR count). The molecule has 0 fully saturated rings. The standard InChI is InChI=1S/C11H13F3O3S/c1-7(2)9-5-4-6-10(8(9)3)17-18(15,16)11(12,13)14/h4-7H,1-3H3. The lowest BCUT2D eigenvalue weighted by molar-refractivity contribution is -0.0500. The average molecular weight is 282 g/mol. The molecule has 0 saturated heterocycles. The largest absolute Gasteiger partial charge is 0.534 e. The van der Waals surface area contributed by atoms with Gasteiger partial charge >= 0.3 is 15.6 Å². The van der Waals surface area contributed by atoms with Crippen molar-refractivity contribution in [2.24, 2.45) is 0 Å². The number of alkyl halides is 3. The summed E-state index contributed by atoms with van der Waals surface area (Å²) >= 11 is 0. The van der Waals surface area contributed by atoms with Gasteiger partial charge in [-0.1, -0.05) is 26.0 Å². The maximum atomic E-state index is 12.2. The van der Waals surface area contributed by atoms with Gasteiger partial charge < -0.3 is 4.18 Å². The Bertz CT molecular complexity index is 533. The van der Waals surface area contributed by atoms with Crippen LogP contribution in [0.15, 0.2) is 18.2 Å². The molecule has 0 spiro atoms. The van der Waals surface area contributed by atoms with Gasteiger partial charge in [-0.2, -0.15) is 21.6 Å². The van der Waals surface area contributed by atoms with Crippen LogP contribution in [0.3, 0.4) is 0 Å². The maximum Gasteiger partial charge on any atom is 0.534 e. The minimum atomic E-state index is -5.62. The molecular formula is C11H13F3O3S. The molecule has 0 aliphatic carbocycles. The second kappa shape index (κ2) is 4.79. The predicted octanol–water partition coefficient (Wildman–Crippen LogP) is 3.35. The van der Waals surface area contributed by atoms with E-state index in [-0.39, 0.29) is 11.7 Å². The molecule has 0 atom stereocenters. The summed E-state index contributed by atoms with van der Waals surface area (Å²) in [5.74, 6) is -0.235. The van der Waals surface area contributed by atoms with Crippen molar-refractivity contribution in [2.45, 2.75) is 32.2 Å². The highest BCUT2D eigenvalue weighted by Crippen LogP contribution is 2.31. The first kappa shape index (κ1) is 14.8. The second-order valence-electron chi connectivity index (χ2n) is 4.11. The van der Waals surface area contributed by atoms with Crippen LogP contribution in [-0.4, -0.2) is 13.9 Å². The minimum absolute atomic E-state index is 0.0575. The lowest BCUT2D eigenvalue weighted by Gasteiger charge is -2.15. The van der Waals surface area contributed by atoms with Crippen molar-refractivity contribution in [3.8, 4) is 5.75 Å². The summed E-state index contributed by atoms with van der Waals surface area (Å²) in [5.41, 5.74) is -4.29. The molecule has 0 N–H and O–H groups in total. The first-order valence-corrected chi connectivity index (χ1v) is 6.57. The van der Waals surface area contributed by atoms with E-state index in [9.17, 15) is 21.6 Å². The van der Waals surface area contributed by atoms with Crippen LogP contribution in [0.5, 0.6) is 5.75 Å². The van der Waals surface area contributed by atoms with E-state index in [2.05, 4.69) is 4.18 Å². The fourth-order valence-corrected chi connectivity index (χ4v) is 2.02. The van der Waals surface area contributed by atoms with Gasteiger partial charge in [-0.3, -0.25) is 0 Å². The Hall–Kier alpha value is -1.24. The van der Waals surface area contributed by atoms with Gasteiger partial charge in [0.2, 0.25) is 0 Å². The number of rotatable bonds is 3. The van der Waals surface area contributed by atoms with Crippen molar-refractivity contribution in [3.63, 3.8) is 0 Å². The van der Waals surface area contributed by atoms with E-state index in [1.807, 2.05) is 13.8 Å². The van der Waals surface area contributed by atoms with Crippen LogP contribution < -0.4 is 4.18 Å². The summed E-state index contributed by atoms with van der Waals surface area (Å²) in [5, 5.41) is 0. The van der Waals surface area contributed by atoms with E-state index in [0.717, 1.165) is 5.56 Å². The molecule has 3 nitrogen and oxygen atoms in total. The van der Waals surface area contributed by atoms with Gasteiger partial charge in [-0.15, -0.1) is 0 Å². The zero-order chi connectivity index (χ0) is 14.1. The van der Waals surface area contributed by atoms with Crippen molar-refractivity contribution >= 4 is 10.1 Å². The SMILES string of the molecule is Cc1c(OS(=O)(=O)C(F)(F)F)cccc1C(C)C. The van der Waals surface area contributed by atoms with Gasteiger partial charge in [-0.05, 0) is 30.0 Å². The molecule has 0 amide bonds. The van der Waals surface area contributed by atoms with Crippen LogP contribution in [0.2, 0.25) is 0 Å². The smallest absolute Gasteiger partial charge is 0.376 e. The zero-order valence-electron chi connectivity index (χ0n) is 10.1. The van der Waals surface area contributed by atoms with E-state index >= 15 is 0 Å². The van der Waals surface area contributed by atoms with Gasteiger partial charge in [0.25, 0.3) is 0 Å². The minimum Gasteiger partial charge on any atom is -0.376 e. The third-order valence-corrected chi connectivity index (χ3v) is 3.40. The molecule has 0 aliphatic heterocycles. The summed E-state index contributed by atoms with van der Waals surface area (Å²) in [7, 11) is -5.62. The molecular weight excluding hydrogens is 269 g/mol. The summed E-state index contributed by atoms with van der Waals surface area (Å²) in [6.45, 7) is 5.23. The number of hydrogen-bond acceptors (Lipinski definition) is 3. The van der Waals surface area contributed by atoms with Crippen LogP contribution >= 0.6 is 0 Å². The first-order chi connectivity index (χ1) is 8.06. The molecule has 0 radical (unpaired) electrons. The molecule has 0 saturated carbocycles. The van der Waals surface area contributed by atoms with Crippen LogP contribution in [0.25, 0.3) is 0 Å². The van der Waals surface area contributed by atoms with Crippen molar-refractivity contribution in [2.75, 3.05) is 0 Å². The lowest BCUT2D eigenvalue weighted by atomic mass is 9.98. The number of hydrogen-bond donors (Lipinski definition) is 0. The van der Waals surface area contributed by atoms with Gasteiger partial charge in [-0.25, -0.2) is 0 Å². The first-order valence-electron chi connectivity index (χ1n) is 5.16. The lowest BCUT2D eigenvalue weighted by Crippen LogP contribution is -2.28. The van der Waals surface area contributed by atoms with Crippen LogP contribution in [0.1, 0.15) is 30.9 Å². The monoisotopic (exact) mass is 282 g/mol. The van der Waals surface area contributed by atoms with Crippen LogP contribution in [-0.2, 0) is 10.1 Å². The Labute approximate surface area is 104 Å². The van der Waals surface area contributed by atoms with Crippen molar-refractivity contribution in [1.29, 1.82) is 0 Å². The predicted molar refractivity (Wildman–Crippen MR) is 60.9 cm³/mol. The second-order valence-corrected chi connectivity index (χ2v) is 5.65. The van der Waals surface area contributed by atoms with E-state index in [1.54, 1.807) is 6.07 Å². The topological polar surface area (TPSA) is 43.4 Å². The van der Waals surface area contributed by atoms with E-state index in [1.165, 1.54) is 19.1 Å². The van der Waals surface area contributed by atoms with Crippen molar-refractivity contribution in [1.82, 2.24) is 0 Å². The van der Waals surface area contributed by atoms with E-state index in [0.29, 0.717) is 5.56 Å².